The lowest BCUT2D eigenvalue weighted by atomic mass is 9.83. The average Bonchev–Trinajstić information content (AvgIpc) is 2.56. The minimum Gasteiger partial charge on any atom is -0.396 e. The fraction of sp³-hybridized carbons (Fsp3) is 0.389. The summed E-state index contributed by atoms with van der Waals surface area (Å²) in [7, 11) is 0. The minimum atomic E-state index is -0.222. The monoisotopic (exact) mass is 285 g/mol. The Labute approximate surface area is 126 Å². The van der Waals surface area contributed by atoms with E-state index in [4.69, 9.17) is 0 Å². The van der Waals surface area contributed by atoms with Crippen molar-refractivity contribution in [1.82, 2.24) is 5.32 Å². The van der Waals surface area contributed by atoms with Crippen LogP contribution in [-0.2, 0) is 0 Å². The van der Waals surface area contributed by atoms with Gasteiger partial charge in [-0.3, -0.25) is 4.79 Å². The van der Waals surface area contributed by atoms with Gasteiger partial charge in [-0.2, -0.15) is 0 Å². The van der Waals surface area contributed by atoms with E-state index in [1.165, 1.54) is 0 Å². The van der Waals surface area contributed by atoms with Gasteiger partial charge in [0, 0.05) is 17.5 Å². The van der Waals surface area contributed by atoms with Gasteiger partial charge in [-0.15, -0.1) is 0 Å². The van der Waals surface area contributed by atoms with E-state index < -0.39 is 0 Å². The summed E-state index contributed by atoms with van der Waals surface area (Å²) >= 11 is 0. The second-order valence-electron chi connectivity index (χ2n) is 5.57. The molecule has 0 fully saturated rings. The molecule has 0 saturated heterocycles. The van der Waals surface area contributed by atoms with Crippen molar-refractivity contribution in [2.75, 3.05) is 13.2 Å². The van der Waals surface area contributed by atoms with E-state index in [1.54, 1.807) is 0 Å². The lowest BCUT2D eigenvalue weighted by Gasteiger charge is -2.29. The lowest BCUT2D eigenvalue weighted by molar-refractivity contribution is 0.0852. The molecule has 3 nitrogen and oxygen atoms in total. The van der Waals surface area contributed by atoms with Gasteiger partial charge in [-0.1, -0.05) is 50.2 Å². The Hall–Kier alpha value is -1.87. The number of nitrogens with one attached hydrogen (secondary N) is 1. The normalized spacial score (nSPS) is 11.6. The molecule has 0 radical (unpaired) electrons. The quantitative estimate of drug-likeness (QED) is 0.855. The van der Waals surface area contributed by atoms with Crippen LogP contribution < -0.4 is 5.32 Å². The first kappa shape index (κ1) is 15.5. The second kappa shape index (κ2) is 6.72. The number of hydrogen-bond donors (Lipinski definition) is 2. The Kier molecular flexibility index (Phi) is 4.97. The van der Waals surface area contributed by atoms with Crippen molar-refractivity contribution in [3.8, 4) is 0 Å². The molecule has 0 atom stereocenters. The van der Waals surface area contributed by atoms with Crippen molar-refractivity contribution >= 4 is 16.7 Å². The highest BCUT2D eigenvalue weighted by Crippen LogP contribution is 2.25. The topological polar surface area (TPSA) is 49.3 Å². The average molecular weight is 285 g/mol. The number of amides is 1. The third kappa shape index (κ3) is 3.24. The Morgan fingerprint density at radius 2 is 1.76 bits per heavy atom. The molecular weight excluding hydrogens is 262 g/mol. The van der Waals surface area contributed by atoms with Crippen molar-refractivity contribution in [3.05, 3.63) is 48.0 Å². The number of carbonyl (C=O) groups is 1. The molecule has 21 heavy (non-hydrogen) atoms. The van der Waals surface area contributed by atoms with Gasteiger partial charge in [0.05, 0.1) is 6.61 Å². The van der Waals surface area contributed by atoms with Crippen LogP contribution in [0.15, 0.2) is 42.5 Å². The minimum absolute atomic E-state index is 0.0773. The fourth-order valence-electron chi connectivity index (χ4n) is 2.57. The maximum Gasteiger partial charge on any atom is 0.251 e. The maximum atomic E-state index is 12.5. The number of benzene rings is 2. The zero-order valence-electron chi connectivity index (χ0n) is 12.7. The van der Waals surface area contributed by atoms with Gasteiger partial charge in [0.2, 0.25) is 0 Å². The number of rotatable bonds is 6. The zero-order chi connectivity index (χ0) is 15.3. The highest BCUT2D eigenvalue weighted by Gasteiger charge is 2.26. The Morgan fingerprint density at radius 1 is 1.10 bits per heavy atom. The van der Waals surface area contributed by atoms with Gasteiger partial charge in [0.15, 0.2) is 0 Å². The van der Waals surface area contributed by atoms with Crippen molar-refractivity contribution < 1.29 is 9.90 Å². The molecule has 2 aromatic carbocycles. The van der Waals surface area contributed by atoms with Gasteiger partial charge < -0.3 is 10.4 Å². The molecule has 0 spiro atoms. The molecule has 2 N–H and O–H groups in total. The van der Waals surface area contributed by atoms with E-state index in [-0.39, 0.29) is 17.9 Å². The molecule has 0 unspecified atom stereocenters. The molecule has 112 valence electrons. The lowest BCUT2D eigenvalue weighted by Crippen LogP contribution is -2.39. The van der Waals surface area contributed by atoms with E-state index >= 15 is 0 Å². The molecule has 0 saturated carbocycles. The largest absolute Gasteiger partial charge is 0.396 e. The van der Waals surface area contributed by atoms with Crippen molar-refractivity contribution in [3.63, 3.8) is 0 Å². The summed E-state index contributed by atoms with van der Waals surface area (Å²) in [4.78, 5) is 12.5. The number of carbonyl (C=O) groups excluding carboxylic acids is 1. The van der Waals surface area contributed by atoms with Crippen LogP contribution in [0.5, 0.6) is 0 Å². The molecule has 0 aliphatic carbocycles. The highest BCUT2D eigenvalue weighted by molar-refractivity contribution is 6.07. The van der Waals surface area contributed by atoms with Crippen LogP contribution in [0.4, 0.5) is 0 Å². The van der Waals surface area contributed by atoms with E-state index in [0.717, 1.165) is 23.6 Å². The summed E-state index contributed by atoms with van der Waals surface area (Å²) in [5.41, 5.74) is 0.465. The fourth-order valence-corrected chi connectivity index (χ4v) is 2.57. The molecule has 2 aromatic rings. The molecule has 3 heteroatoms. The van der Waals surface area contributed by atoms with E-state index in [2.05, 4.69) is 5.32 Å². The molecule has 0 aromatic heterocycles. The Balaban J connectivity index is 2.20. The molecule has 2 rings (SSSR count). The predicted molar refractivity (Wildman–Crippen MR) is 86.4 cm³/mol. The first-order valence-electron chi connectivity index (χ1n) is 7.52. The summed E-state index contributed by atoms with van der Waals surface area (Å²) in [6, 6.07) is 13.6. The van der Waals surface area contributed by atoms with E-state index in [9.17, 15) is 9.90 Å². The van der Waals surface area contributed by atoms with E-state index in [0.29, 0.717) is 12.1 Å². The van der Waals surface area contributed by atoms with Crippen molar-refractivity contribution in [2.45, 2.75) is 26.7 Å². The van der Waals surface area contributed by atoms with Crippen LogP contribution in [-0.4, -0.2) is 24.2 Å². The smallest absolute Gasteiger partial charge is 0.251 e. The van der Waals surface area contributed by atoms with Gasteiger partial charge in [-0.25, -0.2) is 0 Å². The third-order valence-corrected chi connectivity index (χ3v) is 4.49. The molecule has 0 heterocycles. The van der Waals surface area contributed by atoms with Crippen molar-refractivity contribution in [1.29, 1.82) is 0 Å². The van der Waals surface area contributed by atoms with Crippen LogP contribution in [0.3, 0.4) is 0 Å². The predicted octanol–water partition coefficient (Wildman–Crippen LogP) is 3.37. The standard InChI is InChI=1S/C18H23NO2/c1-3-18(4-2,13-20)12-19-17(21)16-11-7-9-14-8-5-6-10-15(14)16/h5-11,20H,3-4,12-13H2,1-2H3,(H,19,21). The summed E-state index contributed by atoms with van der Waals surface area (Å²) in [5.74, 6) is -0.0773. The van der Waals surface area contributed by atoms with Gasteiger partial charge in [-0.05, 0) is 29.7 Å². The summed E-state index contributed by atoms with van der Waals surface area (Å²) < 4.78 is 0. The second-order valence-corrected chi connectivity index (χ2v) is 5.57. The number of aliphatic hydroxyl groups is 1. The molecule has 1 amide bonds. The van der Waals surface area contributed by atoms with Gasteiger partial charge >= 0.3 is 0 Å². The molecule has 0 aliphatic heterocycles. The van der Waals surface area contributed by atoms with Crippen LogP contribution in [0, 0.1) is 5.41 Å². The van der Waals surface area contributed by atoms with E-state index in [1.807, 2.05) is 56.3 Å². The molecule has 0 aliphatic rings. The summed E-state index contributed by atoms with van der Waals surface area (Å²) in [6.07, 6.45) is 1.69. The third-order valence-electron chi connectivity index (χ3n) is 4.49. The van der Waals surface area contributed by atoms with Gasteiger partial charge in [0.25, 0.3) is 5.91 Å². The maximum absolute atomic E-state index is 12.5. The van der Waals surface area contributed by atoms with Gasteiger partial charge in [0.1, 0.15) is 0 Å². The van der Waals surface area contributed by atoms with Crippen molar-refractivity contribution in [2.24, 2.45) is 5.41 Å². The number of hydrogen-bond acceptors (Lipinski definition) is 2. The number of aliphatic hydroxyl groups excluding tert-OH is 1. The summed E-state index contributed by atoms with van der Waals surface area (Å²) in [6.45, 7) is 4.68. The summed E-state index contributed by atoms with van der Waals surface area (Å²) in [5, 5.41) is 14.6. The zero-order valence-corrected chi connectivity index (χ0v) is 12.7. The Bertz CT molecular complexity index is 604. The Morgan fingerprint density at radius 3 is 2.43 bits per heavy atom. The SMILES string of the molecule is CCC(CC)(CO)CNC(=O)c1cccc2ccccc12. The van der Waals surface area contributed by atoms with Crippen LogP contribution >= 0.6 is 0 Å². The van der Waals surface area contributed by atoms with Crippen LogP contribution in [0.1, 0.15) is 37.0 Å². The highest BCUT2D eigenvalue weighted by atomic mass is 16.3. The molecule has 0 bridgehead atoms. The first-order valence-corrected chi connectivity index (χ1v) is 7.52. The first-order chi connectivity index (χ1) is 10.2. The molecular formula is C18H23NO2. The van der Waals surface area contributed by atoms with Crippen LogP contribution in [0.2, 0.25) is 0 Å². The van der Waals surface area contributed by atoms with Crippen LogP contribution in [0.25, 0.3) is 10.8 Å². The number of fused-ring (bicyclic) bond motifs is 1.